The van der Waals surface area contributed by atoms with Crippen molar-refractivity contribution in [3.8, 4) is 0 Å². The fraction of sp³-hybridized carbons (Fsp3) is 0.562. The van der Waals surface area contributed by atoms with Crippen LogP contribution in [0.1, 0.15) is 50.1 Å². The average Bonchev–Trinajstić information content (AvgIpc) is 2.89. The standard InChI is InChI=1S/C16H21F3N2O2/c1-4-11(22)8-20-7-10-5-12(16(17,18)19)14-13(6-10)21-15(23-14)9(2)3/h5-6,9,11,20,22H,4,7-8H2,1-3H3. The molecule has 2 aromatic rings. The first-order valence-electron chi connectivity index (χ1n) is 7.61. The number of aliphatic hydroxyl groups is 1. The largest absolute Gasteiger partial charge is 0.440 e. The van der Waals surface area contributed by atoms with Gasteiger partial charge < -0.3 is 14.8 Å². The van der Waals surface area contributed by atoms with Gasteiger partial charge in [-0.05, 0) is 24.1 Å². The summed E-state index contributed by atoms with van der Waals surface area (Å²) in [5.74, 6) is 0.196. The lowest BCUT2D eigenvalue weighted by molar-refractivity contribution is -0.136. The molecule has 0 fully saturated rings. The average molecular weight is 330 g/mol. The number of aliphatic hydroxyl groups excluding tert-OH is 1. The Morgan fingerprint density at radius 1 is 1.30 bits per heavy atom. The van der Waals surface area contributed by atoms with E-state index in [2.05, 4.69) is 10.3 Å². The summed E-state index contributed by atoms with van der Waals surface area (Å²) in [5, 5.41) is 12.4. The second-order valence-electron chi connectivity index (χ2n) is 5.89. The molecule has 0 spiro atoms. The van der Waals surface area contributed by atoms with E-state index in [9.17, 15) is 18.3 Å². The van der Waals surface area contributed by atoms with Gasteiger partial charge in [0.25, 0.3) is 0 Å². The Bertz CT molecular complexity index is 665. The van der Waals surface area contributed by atoms with E-state index in [4.69, 9.17) is 4.42 Å². The van der Waals surface area contributed by atoms with Crippen LogP contribution in [-0.2, 0) is 12.7 Å². The van der Waals surface area contributed by atoms with Crippen LogP contribution in [0.15, 0.2) is 16.5 Å². The summed E-state index contributed by atoms with van der Waals surface area (Å²) in [6, 6.07) is 2.66. The molecule has 0 amide bonds. The Labute approximate surface area is 132 Å². The van der Waals surface area contributed by atoms with E-state index in [1.54, 1.807) is 6.07 Å². The van der Waals surface area contributed by atoms with Gasteiger partial charge in [0.1, 0.15) is 11.1 Å². The zero-order valence-corrected chi connectivity index (χ0v) is 13.4. The number of fused-ring (bicyclic) bond motifs is 1. The van der Waals surface area contributed by atoms with E-state index in [1.165, 1.54) is 0 Å². The second kappa shape index (κ2) is 6.88. The molecule has 1 aromatic carbocycles. The van der Waals surface area contributed by atoms with Crippen molar-refractivity contribution in [2.45, 2.75) is 51.9 Å². The first-order chi connectivity index (χ1) is 10.7. The molecule has 1 unspecified atom stereocenters. The fourth-order valence-electron chi connectivity index (χ4n) is 2.20. The summed E-state index contributed by atoms with van der Waals surface area (Å²) < 4.78 is 45.1. The Hall–Kier alpha value is -1.60. The van der Waals surface area contributed by atoms with Crippen LogP contribution in [0.3, 0.4) is 0 Å². The fourth-order valence-corrected chi connectivity index (χ4v) is 2.20. The lowest BCUT2D eigenvalue weighted by Crippen LogP contribution is -2.25. The molecular formula is C16H21F3N2O2. The molecule has 0 saturated carbocycles. The van der Waals surface area contributed by atoms with Gasteiger partial charge in [-0.1, -0.05) is 20.8 Å². The maximum absolute atomic E-state index is 13.3. The van der Waals surface area contributed by atoms with E-state index >= 15 is 0 Å². The third kappa shape index (κ3) is 4.23. The number of halogens is 3. The molecule has 2 N–H and O–H groups in total. The molecule has 1 aromatic heterocycles. The molecule has 2 rings (SSSR count). The molecule has 0 bridgehead atoms. The van der Waals surface area contributed by atoms with Gasteiger partial charge in [0.15, 0.2) is 11.5 Å². The van der Waals surface area contributed by atoms with Crippen LogP contribution in [0.25, 0.3) is 11.1 Å². The summed E-state index contributed by atoms with van der Waals surface area (Å²) in [6.45, 7) is 6.01. The molecule has 0 aliphatic carbocycles. The molecule has 1 atom stereocenters. The minimum atomic E-state index is -4.51. The lowest BCUT2D eigenvalue weighted by Gasteiger charge is -2.12. The summed E-state index contributed by atoms with van der Waals surface area (Å²) >= 11 is 0. The maximum atomic E-state index is 13.3. The van der Waals surface area contributed by atoms with Crippen LogP contribution in [0.5, 0.6) is 0 Å². The SMILES string of the molecule is CCC(O)CNCc1cc(C(F)(F)F)c2oc(C(C)C)nc2c1. The van der Waals surface area contributed by atoms with Crippen molar-refractivity contribution in [3.63, 3.8) is 0 Å². The first kappa shape index (κ1) is 17.7. The topological polar surface area (TPSA) is 58.3 Å². The van der Waals surface area contributed by atoms with E-state index in [1.807, 2.05) is 20.8 Å². The number of benzene rings is 1. The Morgan fingerprint density at radius 3 is 2.57 bits per heavy atom. The Kier molecular flexibility index (Phi) is 5.31. The number of oxazole rings is 1. The van der Waals surface area contributed by atoms with Gasteiger partial charge in [-0.3, -0.25) is 0 Å². The number of hydrogen-bond donors (Lipinski definition) is 2. The van der Waals surface area contributed by atoms with Crippen molar-refractivity contribution < 1.29 is 22.7 Å². The van der Waals surface area contributed by atoms with Crippen molar-refractivity contribution in [1.29, 1.82) is 0 Å². The van der Waals surface area contributed by atoms with Gasteiger partial charge in [-0.15, -0.1) is 0 Å². The van der Waals surface area contributed by atoms with Gasteiger partial charge in [-0.25, -0.2) is 4.98 Å². The van der Waals surface area contributed by atoms with E-state index in [-0.39, 0.29) is 29.5 Å². The number of nitrogens with zero attached hydrogens (tertiary/aromatic N) is 1. The van der Waals surface area contributed by atoms with Crippen LogP contribution < -0.4 is 5.32 Å². The van der Waals surface area contributed by atoms with Crippen LogP contribution in [-0.4, -0.2) is 22.7 Å². The minimum Gasteiger partial charge on any atom is -0.440 e. The van der Waals surface area contributed by atoms with Crippen molar-refractivity contribution in [1.82, 2.24) is 10.3 Å². The van der Waals surface area contributed by atoms with E-state index < -0.39 is 17.8 Å². The number of hydrogen-bond acceptors (Lipinski definition) is 4. The number of nitrogens with one attached hydrogen (secondary N) is 1. The predicted molar refractivity (Wildman–Crippen MR) is 81.1 cm³/mol. The van der Waals surface area contributed by atoms with Gasteiger partial charge in [0, 0.05) is 19.0 Å². The van der Waals surface area contributed by atoms with Crippen molar-refractivity contribution in [2.75, 3.05) is 6.54 Å². The summed E-state index contributed by atoms with van der Waals surface area (Å²) in [7, 11) is 0. The summed E-state index contributed by atoms with van der Waals surface area (Å²) in [5.41, 5.74) is -0.381. The third-order valence-corrected chi connectivity index (χ3v) is 3.55. The normalized spacial score (nSPS) is 13.9. The molecular weight excluding hydrogens is 309 g/mol. The third-order valence-electron chi connectivity index (χ3n) is 3.55. The highest BCUT2D eigenvalue weighted by Gasteiger charge is 2.35. The molecule has 0 radical (unpaired) electrons. The quantitative estimate of drug-likeness (QED) is 0.845. The second-order valence-corrected chi connectivity index (χ2v) is 5.89. The zero-order valence-electron chi connectivity index (χ0n) is 13.4. The molecule has 1 heterocycles. The highest BCUT2D eigenvalue weighted by atomic mass is 19.4. The molecule has 23 heavy (non-hydrogen) atoms. The summed E-state index contributed by atoms with van der Waals surface area (Å²) in [6.07, 6.45) is -4.44. The van der Waals surface area contributed by atoms with Crippen LogP contribution in [0.4, 0.5) is 13.2 Å². The monoisotopic (exact) mass is 330 g/mol. The number of alkyl halides is 3. The first-order valence-corrected chi connectivity index (χ1v) is 7.61. The Balaban J connectivity index is 2.35. The Morgan fingerprint density at radius 2 is 2.00 bits per heavy atom. The van der Waals surface area contributed by atoms with Gasteiger partial charge in [-0.2, -0.15) is 13.2 Å². The lowest BCUT2D eigenvalue weighted by atomic mass is 10.1. The maximum Gasteiger partial charge on any atom is 0.420 e. The smallest absolute Gasteiger partial charge is 0.420 e. The molecule has 0 saturated heterocycles. The highest BCUT2D eigenvalue weighted by Crippen LogP contribution is 2.37. The minimum absolute atomic E-state index is 0.0928. The molecule has 0 aliphatic rings. The molecule has 7 heteroatoms. The zero-order chi connectivity index (χ0) is 17.2. The predicted octanol–water partition coefficient (Wildman–Crippen LogP) is 3.83. The van der Waals surface area contributed by atoms with Crippen molar-refractivity contribution in [3.05, 3.63) is 29.2 Å². The van der Waals surface area contributed by atoms with Crippen LogP contribution in [0, 0.1) is 0 Å². The highest BCUT2D eigenvalue weighted by molar-refractivity contribution is 5.78. The van der Waals surface area contributed by atoms with Gasteiger partial charge >= 0.3 is 6.18 Å². The summed E-state index contributed by atoms with van der Waals surface area (Å²) in [4.78, 5) is 4.16. The molecule has 128 valence electrons. The van der Waals surface area contributed by atoms with Crippen molar-refractivity contribution >= 4 is 11.1 Å². The van der Waals surface area contributed by atoms with E-state index in [0.717, 1.165) is 6.07 Å². The van der Waals surface area contributed by atoms with Crippen LogP contribution >= 0.6 is 0 Å². The van der Waals surface area contributed by atoms with E-state index in [0.29, 0.717) is 18.5 Å². The molecule has 4 nitrogen and oxygen atoms in total. The number of rotatable bonds is 6. The van der Waals surface area contributed by atoms with Gasteiger partial charge in [0.2, 0.25) is 0 Å². The van der Waals surface area contributed by atoms with Crippen molar-refractivity contribution in [2.24, 2.45) is 0 Å². The number of aromatic nitrogens is 1. The van der Waals surface area contributed by atoms with Gasteiger partial charge in [0.05, 0.1) is 6.10 Å². The van der Waals surface area contributed by atoms with Crippen LogP contribution in [0.2, 0.25) is 0 Å². The molecule has 0 aliphatic heterocycles.